The lowest BCUT2D eigenvalue weighted by Gasteiger charge is -2.24. The molecule has 0 bridgehead atoms. The monoisotopic (exact) mass is 293 g/mol. The molecule has 1 aromatic rings. The number of nitrogens with one attached hydrogen (secondary N) is 1. The van der Waals surface area contributed by atoms with E-state index in [0.717, 1.165) is 35.7 Å². The van der Waals surface area contributed by atoms with Crippen LogP contribution in [-0.4, -0.2) is 11.6 Å². The van der Waals surface area contributed by atoms with Crippen molar-refractivity contribution in [3.63, 3.8) is 0 Å². The number of benzene rings is 1. The van der Waals surface area contributed by atoms with Crippen LogP contribution in [0.2, 0.25) is 5.02 Å². The maximum atomic E-state index is 6.34. The van der Waals surface area contributed by atoms with E-state index in [1.165, 1.54) is 6.42 Å². The number of rotatable bonds is 4. The molecule has 1 N–H and O–H groups in total. The van der Waals surface area contributed by atoms with Crippen LogP contribution in [0.3, 0.4) is 0 Å². The fraction of sp³-hybridized carbons (Fsp3) is 0.529. The Bertz CT molecular complexity index is 476. The van der Waals surface area contributed by atoms with Gasteiger partial charge in [0.25, 0.3) is 0 Å². The maximum Gasteiger partial charge on any atom is 0.126 e. The van der Waals surface area contributed by atoms with Crippen molar-refractivity contribution in [3.8, 4) is 5.75 Å². The van der Waals surface area contributed by atoms with Crippen molar-refractivity contribution in [1.82, 2.24) is 5.32 Å². The highest BCUT2D eigenvalue weighted by Crippen LogP contribution is 2.29. The predicted octanol–water partition coefficient (Wildman–Crippen LogP) is 4.72. The van der Waals surface area contributed by atoms with Crippen molar-refractivity contribution in [2.75, 3.05) is 0 Å². The Morgan fingerprint density at radius 3 is 2.80 bits per heavy atom. The molecule has 0 aliphatic heterocycles. The first-order valence-electron chi connectivity index (χ1n) is 7.31. The van der Waals surface area contributed by atoms with Crippen molar-refractivity contribution in [2.24, 2.45) is 0 Å². The summed E-state index contributed by atoms with van der Waals surface area (Å²) >= 11 is 6.34. The van der Waals surface area contributed by atoms with Gasteiger partial charge in [0.1, 0.15) is 11.9 Å². The third-order valence-corrected chi connectivity index (χ3v) is 3.71. The van der Waals surface area contributed by atoms with Gasteiger partial charge in [-0.3, -0.25) is 0 Å². The average molecular weight is 294 g/mol. The predicted molar refractivity (Wildman–Crippen MR) is 85.5 cm³/mol. The SMILES string of the molecule is CC(C)(C)NCc1c(Cl)cccc1OC1C=CCCC1. The quantitative estimate of drug-likeness (QED) is 0.811. The summed E-state index contributed by atoms with van der Waals surface area (Å²) in [7, 11) is 0. The molecule has 1 atom stereocenters. The van der Waals surface area contributed by atoms with Gasteiger partial charge in [-0.1, -0.05) is 23.7 Å². The number of allylic oxidation sites excluding steroid dienone is 1. The van der Waals surface area contributed by atoms with Crippen LogP contribution in [0.5, 0.6) is 5.75 Å². The second kappa shape index (κ2) is 6.64. The second-order valence-electron chi connectivity index (χ2n) is 6.34. The van der Waals surface area contributed by atoms with Crippen molar-refractivity contribution in [1.29, 1.82) is 0 Å². The molecule has 0 saturated heterocycles. The summed E-state index contributed by atoms with van der Waals surface area (Å²) < 4.78 is 6.12. The van der Waals surface area contributed by atoms with E-state index in [4.69, 9.17) is 16.3 Å². The van der Waals surface area contributed by atoms with Crippen LogP contribution in [-0.2, 0) is 6.54 Å². The third-order valence-electron chi connectivity index (χ3n) is 3.36. The highest BCUT2D eigenvalue weighted by atomic mass is 35.5. The van der Waals surface area contributed by atoms with Crippen LogP contribution < -0.4 is 10.1 Å². The van der Waals surface area contributed by atoms with Crippen LogP contribution in [0, 0.1) is 0 Å². The second-order valence-corrected chi connectivity index (χ2v) is 6.74. The number of hydrogen-bond donors (Lipinski definition) is 1. The van der Waals surface area contributed by atoms with E-state index in [1.807, 2.05) is 18.2 Å². The Kier molecular flexibility index (Phi) is 5.11. The molecule has 0 saturated carbocycles. The first kappa shape index (κ1) is 15.4. The van der Waals surface area contributed by atoms with Crippen molar-refractivity contribution >= 4 is 11.6 Å². The average Bonchev–Trinajstić information content (AvgIpc) is 2.38. The van der Waals surface area contributed by atoms with Gasteiger partial charge in [0.2, 0.25) is 0 Å². The molecule has 1 aliphatic rings. The Morgan fingerprint density at radius 2 is 2.15 bits per heavy atom. The molecule has 0 fully saturated rings. The first-order chi connectivity index (χ1) is 9.46. The van der Waals surface area contributed by atoms with Crippen molar-refractivity contribution in [3.05, 3.63) is 40.9 Å². The van der Waals surface area contributed by atoms with Gasteiger partial charge in [0, 0.05) is 22.7 Å². The molecule has 1 unspecified atom stereocenters. The van der Waals surface area contributed by atoms with E-state index in [2.05, 4.69) is 38.2 Å². The lowest BCUT2D eigenvalue weighted by molar-refractivity contribution is 0.226. The minimum atomic E-state index is 0.0567. The van der Waals surface area contributed by atoms with Gasteiger partial charge in [0.15, 0.2) is 0 Å². The lowest BCUT2D eigenvalue weighted by Crippen LogP contribution is -2.35. The zero-order valence-electron chi connectivity index (χ0n) is 12.6. The van der Waals surface area contributed by atoms with E-state index < -0.39 is 0 Å². The fourth-order valence-electron chi connectivity index (χ4n) is 2.22. The lowest BCUT2D eigenvalue weighted by atomic mass is 10.0. The van der Waals surface area contributed by atoms with Crippen molar-refractivity contribution < 1.29 is 4.74 Å². The van der Waals surface area contributed by atoms with Gasteiger partial charge in [-0.15, -0.1) is 0 Å². The molecule has 110 valence electrons. The summed E-state index contributed by atoms with van der Waals surface area (Å²) in [4.78, 5) is 0. The molecule has 2 nitrogen and oxygen atoms in total. The van der Waals surface area contributed by atoms with Gasteiger partial charge in [-0.05, 0) is 58.2 Å². The summed E-state index contributed by atoms with van der Waals surface area (Å²) in [6, 6.07) is 5.88. The molecular formula is C17H24ClNO. The zero-order chi connectivity index (χ0) is 14.6. The highest BCUT2D eigenvalue weighted by Gasteiger charge is 2.16. The highest BCUT2D eigenvalue weighted by molar-refractivity contribution is 6.31. The van der Waals surface area contributed by atoms with Gasteiger partial charge in [0.05, 0.1) is 0 Å². The van der Waals surface area contributed by atoms with Crippen molar-refractivity contribution in [2.45, 2.75) is 58.2 Å². The largest absolute Gasteiger partial charge is 0.486 e. The van der Waals surface area contributed by atoms with Gasteiger partial charge >= 0.3 is 0 Å². The molecular weight excluding hydrogens is 270 g/mol. The molecule has 3 heteroatoms. The van der Waals surface area contributed by atoms with Crippen LogP contribution in [0.4, 0.5) is 0 Å². The molecule has 0 spiro atoms. The van der Waals surface area contributed by atoms with Crippen LogP contribution in [0.25, 0.3) is 0 Å². The van der Waals surface area contributed by atoms with E-state index in [1.54, 1.807) is 0 Å². The molecule has 2 rings (SSSR count). The van der Waals surface area contributed by atoms with Gasteiger partial charge in [-0.25, -0.2) is 0 Å². The summed E-state index contributed by atoms with van der Waals surface area (Å²) in [5, 5.41) is 4.24. The zero-order valence-corrected chi connectivity index (χ0v) is 13.3. The van der Waals surface area contributed by atoms with Crippen LogP contribution >= 0.6 is 11.6 Å². The number of halogens is 1. The molecule has 20 heavy (non-hydrogen) atoms. The van der Waals surface area contributed by atoms with Gasteiger partial charge in [-0.2, -0.15) is 0 Å². The number of ether oxygens (including phenoxy) is 1. The normalized spacial score (nSPS) is 19.1. The van der Waals surface area contributed by atoms with E-state index in [-0.39, 0.29) is 11.6 Å². The molecule has 0 amide bonds. The molecule has 0 radical (unpaired) electrons. The fourth-order valence-corrected chi connectivity index (χ4v) is 2.45. The third kappa shape index (κ3) is 4.53. The summed E-state index contributed by atoms with van der Waals surface area (Å²) in [5.74, 6) is 0.894. The number of hydrogen-bond acceptors (Lipinski definition) is 2. The summed E-state index contributed by atoms with van der Waals surface area (Å²) in [6.45, 7) is 7.16. The first-order valence-corrected chi connectivity index (χ1v) is 7.69. The Labute approximate surface area is 127 Å². The minimum Gasteiger partial charge on any atom is -0.486 e. The summed E-state index contributed by atoms with van der Waals surface area (Å²) in [6.07, 6.45) is 7.97. The Hall–Kier alpha value is -0.990. The standard InChI is InChI=1S/C17H24ClNO/c1-17(2,3)19-12-14-15(18)10-7-11-16(14)20-13-8-5-4-6-9-13/h5,7-8,10-11,13,19H,4,6,9,12H2,1-3H3. The topological polar surface area (TPSA) is 21.3 Å². The van der Waals surface area contributed by atoms with E-state index in [0.29, 0.717) is 0 Å². The Balaban J connectivity index is 2.13. The molecule has 1 aliphatic carbocycles. The van der Waals surface area contributed by atoms with Crippen LogP contribution in [0.1, 0.15) is 45.6 Å². The molecule has 0 heterocycles. The minimum absolute atomic E-state index is 0.0567. The molecule has 1 aromatic carbocycles. The van der Waals surface area contributed by atoms with E-state index >= 15 is 0 Å². The van der Waals surface area contributed by atoms with Crippen LogP contribution in [0.15, 0.2) is 30.4 Å². The van der Waals surface area contributed by atoms with Gasteiger partial charge < -0.3 is 10.1 Å². The maximum absolute atomic E-state index is 6.34. The van der Waals surface area contributed by atoms with E-state index in [9.17, 15) is 0 Å². The Morgan fingerprint density at radius 1 is 1.35 bits per heavy atom. The summed E-state index contributed by atoms with van der Waals surface area (Å²) in [5.41, 5.74) is 1.10. The molecule has 0 aromatic heterocycles. The smallest absolute Gasteiger partial charge is 0.126 e.